The van der Waals surface area contributed by atoms with Gasteiger partial charge in [-0.3, -0.25) is 4.79 Å². The van der Waals surface area contributed by atoms with Gasteiger partial charge in [-0.25, -0.2) is 9.50 Å². The number of hydrogen-bond donors (Lipinski definition) is 2. The van der Waals surface area contributed by atoms with Crippen molar-refractivity contribution in [2.45, 2.75) is 52.0 Å². The second-order valence-electron chi connectivity index (χ2n) is 6.23. The predicted octanol–water partition coefficient (Wildman–Crippen LogP) is 2.91. The number of nitrogens with zero attached hydrogens (tertiary/aromatic N) is 3. The van der Waals surface area contributed by atoms with Gasteiger partial charge in [0.05, 0.1) is 5.69 Å². The molecule has 0 bridgehead atoms. The van der Waals surface area contributed by atoms with Crippen LogP contribution in [-0.2, 0) is 4.79 Å². The topological polar surface area (TPSA) is 79.5 Å². The first kappa shape index (κ1) is 15.3. The Kier molecular flexibility index (Phi) is 4.16. The standard InChI is InChI=1S/C15H22N4O2/c1-10(2)11-9-12-14(16-7-8-19(12)18-11)17-15(3,4)6-5-13(20)21/h7-10H,5-6H2,1-4H3,(H,16,17)(H,20,21). The van der Waals surface area contributed by atoms with Crippen molar-refractivity contribution in [3.05, 3.63) is 24.2 Å². The SMILES string of the molecule is CC(C)c1cc2c(NC(C)(C)CCC(=O)O)nccn2n1. The summed E-state index contributed by atoms with van der Waals surface area (Å²) in [5.74, 6) is 0.285. The molecular formula is C15H22N4O2. The first-order chi connectivity index (χ1) is 9.78. The highest BCUT2D eigenvalue weighted by atomic mass is 16.4. The van der Waals surface area contributed by atoms with Crippen LogP contribution in [-0.4, -0.2) is 31.2 Å². The summed E-state index contributed by atoms with van der Waals surface area (Å²) in [5, 5.41) is 16.7. The molecule has 2 rings (SSSR count). The Morgan fingerprint density at radius 3 is 2.81 bits per heavy atom. The van der Waals surface area contributed by atoms with Gasteiger partial charge in [0, 0.05) is 24.4 Å². The van der Waals surface area contributed by atoms with Crippen molar-refractivity contribution < 1.29 is 9.90 Å². The fourth-order valence-corrected chi connectivity index (χ4v) is 2.12. The van der Waals surface area contributed by atoms with Gasteiger partial charge in [0.2, 0.25) is 0 Å². The summed E-state index contributed by atoms with van der Waals surface area (Å²) in [6.07, 6.45) is 4.16. The number of carboxylic acid groups (broad SMARTS) is 1. The lowest BCUT2D eigenvalue weighted by molar-refractivity contribution is -0.137. The third kappa shape index (κ3) is 3.71. The summed E-state index contributed by atoms with van der Waals surface area (Å²) in [4.78, 5) is 15.1. The third-order valence-corrected chi connectivity index (χ3v) is 3.42. The molecule has 0 aromatic carbocycles. The molecule has 0 fully saturated rings. The van der Waals surface area contributed by atoms with Crippen LogP contribution in [0.15, 0.2) is 18.5 Å². The predicted molar refractivity (Wildman–Crippen MR) is 81.6 cm³/mol. The smallest absolute Gasteiger partial charge is 0.303 e. The zero-order valence-electron chi connectivity index (χ0n) is 12.9. The van der Waals surface area contributed by atoms with Crippen molar-refractivity contribution in [3.8, 4) is 0 Å². The molecule has 2 heterocycles. The average molecular weight is 290 g/mol. The maximum atomic E-state index is 10.7. The van der Waals surface area contributed by atoms with E-state index in [-0.39, 0.29) is 12.0 Å². The van der Waals surface area contributed by atoms with E-state index in [0.717, 1.165) is 17.0 Å². The molecule has 0 saturated carbocycles. The van der Waals surface area contributed by atoms with Crippen molar-refractivity contribution in [2.75, 3.05) is 5.32 Å². The Morgan fingerprint density at radius 2 is 2.19 bits per heavy atom. The molecule has 0 spiro atoms. The minimum Gasteiger partial charge on any atom is -0.481 e. The molecule has 0 aliphatic rings. The maximum Gasteiger partial charge on any atom is 0.303 e. The lowest BCUT2D eigenvalue weighted by Gasteiger charge is -2.26. The Bertz CT molecular complexity index is 646. The first-order valence-electron chi connectivity index (χ1n) is 7.13. The summed E-state index contributed by atoms with van der Waals surface area (Å²) in [7, 11) is 0. The fourth-order valence-electron chi connectivity index (χ4n) is 2.12. The molecule has 2 N–H and O–H groups in total. The van der Waals surface area contributed by atoms with Crippen LogP contribution in [0, 0.1) is 0 Å². The number of aromatic nitrogens is 3. The summed E-state index contributed by atoms with van der Waals surface area (Å²) in [6.45, 7) is 8.14. The van der Waals surface area contributed by atoms with Crippen LogP contribution in [0.4, 0.5) is 5.82 Å². The van der Waals surface area contributed by atoms with Crippen LogP contribution < -0.4 is 5.32 Å². The largest absolute Gasteiger partial charge is 0.481 e. The molecule has 0 saturated heterocycles. The van der Waals surface area contributed by atoms with E-state index in [1.165, 1.54) is 0 Å². The molecule has 114 valence electrons. The minimum atomic E-state index is -0.789. The minimum absolute atomic E-state index is 0.125. The number of anilines is 1. The number of carboxylic acids is 1. The molecular weight excluding hydrogens is 268 g/mol. The summed E-state index contributed by atoms with van der Waals surface area (Å²) in [5.41, 5.74) is 1.56. The van der Waals surface area contributed by atoms with Crippen LogP contribution in [0.1, 0.15) is 52.1 Å². The lowest BCUT2D eigenvalue weighted by atomic mass is 9.98. The van der Waals surface area contributed by atoms with Crippen molar-refractivity contribution in [2.24, 2.45) is 0 Å². The molecule has 2 aromatic heterocycles. The van der Waals surface area contributed by atoms with Gasteiger partial charge < -0.3 is 10.4 Å². The third-order valence-electron chi connectivity index (χ3n) is 3.42. The second kappa shape index (κ2) is 5.71. The van der Waals surface area contributed by atoms with Crippen LogP contribution >= 0.6 is 0 Å². The van der Waals surface area contributed by atoms with Gasteiger partial charge in [0.15, 0.2) is 5.82 Å². The number of carbonyl (C=O) groups is 1. The molecule has 2 aromatic rings. The average Bonchev–Trinajstić information content (AvgIpc) is 2.81. The van der Waals surface area contributed by atoms with E-state index >= 15 is 0 Å². The molecule has 0 aliphatic heterocycles. The zero-order chi connectivity index (χ0) is 15.6. The zero-order valence-corrected chi connectivity index (χ0v) is 12.9. The molecule has 6 heteroatoms. The molecule has 0 aliphatic carbocycles. The molecule has 21 heavy (non-hydrogen) atoms. The molecule has 0 radical (unpaired) electrons. The van der Waals surface area contributed by atoms with E-state index in [1.807, 2.05) is 26.1 Å². The van der Waals surface area contributed by atoms with E-state index in [1.54, 1.807) is 10.7 Å². The summed E-state index contributed by atoms with van der Waals surface area (Å²) in [6, 6.07) is 2.02. The number of rotatable bonds is 6. The highest BCUT2D eigenvalue weighted by Crippen LogP contribution is 2.24. The van der Waals surface area contributed by atoms with Gasteiger partial charge in [-0.05, 0) is 32.3 Å². The van der Waals surface area contributed by atoms with Gasteiger partial charge in [-0.1, -0.05) is 13.8 Å². The number of hydrogen-bond acceptors (Lipinski definition) is 4. The van der Waals surface area contributed by atoms with Gasteiger partial charge in [0.25, 0.3) is 0 Å². The molecule has 0 amide bonds. The van der Waals surface area contributed by atoms with Crippen molar-refractivity contribution >= 4 is 17.3 Å². The normalized spacial score (nSPS) is 12.0. The van der Waals surface area contributed by atoms with Gasteiger partial charge in [-0.15, -0.1) is 0 Å². The fraction of sp³-hybridized carbons (Fsp3) is 0.533. The highest BCUT2D eigenvalue weighted by Gasteiger charge is 2.21. The van der Waals surface area contributed by atoms with E-state index in [9.17, 15) is 4.79 Å². The van der Waals surface area contributed by atoms with Gasteiger partial charge in [0.1, 0.15) is 5.52 Å². The summed E-state index contributed by atoms with van der Waals surface area (Å²) < 4.78 is 1.80. The maximum absolute atomic E-state index is 10.7. The molecule has 0 atom stereocenters. The van der Waals surface area contributed by atoms with Crippen molar-refractivity contribution in [1.82, 2.24) is 14.6 Å². The second-order valence-corrected chi connectivity index (χ2v) is 6.23. The Hall–Kier alpha value is -2.11. The van der Waals surface area contributed by atoms with Crippen LogP contribution in [0.5, 0.6) is 0 Å². The van der Waals surface area contributed by atoms with E-state index in [2.05, 4.69) is 29.2 Å². The quantitative estimate of drug-likeness (QED) is 0.855. The lowest BCUT2D eigenvalue weighted by Crippen LogP contribution is -2.32. The van der Waals surface area contributed by atoms with Gasteiger partial charge in [-0.2, -0.15) is 5.10 Å². The van der Waals surface area contributed by atoms with E-state index in [4.69, 9.17) is 5.11 Å². The highest BCUT2D eigenvalue weighted by molar-refractivity contribution is 5.69. The van der Waals surface area contributed by atoms with Gasteiger partial charge >= 0.3 is 5.97 Å². The Balaban J connectivity index is 2.27. The molecule has 6 nitrogen and oxygen atoms in total. The number of nitrogens with one attached hydrogen (secondary N) is 1. The first-order valence-corrected chi connectivity index (χ1v) is 7.13. The number of fused-ring (bicyclic) bond motifs is 1. The Labute approximate surface area is 124 Å². The number of aliphatic carboxylic acids is 1. The van der Waals surface area contributed by atoms with Crippen LogP contribution in [0.2, 0.25) is 0 Å². The van der Waals surface area contributed by atoms with E-state index in [0.29, 0.717) is 12.3 Å². The Morgan fingerprint density at radius 1 is 1.48 bits per heavy atom. The van der Waals surface area contributed by atoms with Crippen molar-refractivity contribution in [3.63, 3.8) is 0 Å². The van der Waals surface area contributed by atoms with Crippen LogP contribution in [0.3, 0.4) is 0 Å². The van der Waals surface area contributed by atoms with Crippen LogP contribution in [0.25, 0.3) is 5.52 Å². The molecule has 0 unspecified atom stereocenters. The van der Waals surface area contributed by atoms with Crippen molar-refractivity contribution in [1.29, 1.82) is 0 Å². The monoisotopic (exact) mass is 290 g/mol. The van der Waals surface area contributed by atoms with E-state index < -0.39 is 5.97 Å². The summed E-state index contributed by atoms with van der Waals surface area (Å²) >= 11 is 0.